The van der Waals surface area contributed by atoms with Gasteiger partial charge in [0.1, 0.15) is 0 Å². The van der Waals surface area contributed by atoms with Crippen molar-refractivity contribution in [3.63, 3.8) is 0 Å². The fraction of sp³-hybridized carbons (Fsp3) is 0. The van der Waals surface area contributed by atoms with E-state index in [1.807, 2.05) is 22.6 Å². The van der Waals surface area contributed by atoms with Gasteiger partial charge in [0.2, 0.25) is 5.95 Å². The molecule has 1 aromatic heterocycles. The number of carbonyl (C=O) groups excluding carboxylic acids is 1. The van der Waals surface area contributed by atoms with Crippen LogP contribution in [0.5, 0.6) is 0 Å². The van der Waals surface area contributed by atoms with E-state index >= 15 is 0 Å². The molecule has 0 aliphatic rings. The molecule has 1 heterocycles. The van der Waals surface area contributed by atoms with Crippen LogP contribution in [0.2, 0.25) is 0 Å². The molecule has 0 spiro atoms. The second-order valence-electron chi connectivity index (χ2n) is 1.86. The number of aromatic nitrogens is 1. The number of hydrogen-bond donors (Lipinski definition) is 1. The van der Waals surface area contributed by atoms with Gasteiger partial charge < -0.3 is 5.73 Å². The van der Waals surface area contributed by atoms with Crippen LogP contribution in [-0.2, 0) is 0 Å². The number of halogens is 2. The highest BCUT2D eigenvalue weighted by Gasteiger charge is 2.08. The Balaban J connectivity index is 3.23. The summed E-state index contributed by atoms with van der Waals surface area (Å²) in [6, 6.07) is 1.35. The maximum atomic E-state index is 12.6. The van der Waals surface area contributed by atoms with Gasteiger partial charge in [0.15, 0.2) is 0 Å². The van der Waals surface area contributed by atoms with Crippen molar-refractivity contribution in [3.8, 4) is 0 Å². The van der Waals surface area contributed by atoms with Crippen LogP contribution in [0, 0.1) is 9.52 Å². The summed E-state index contributed by atoms with van der Waals surface area (Å²) >= 11 is 1.92. The zero-order valence-electron chi connectivity index (χ0n) is 5.34. The minimum absolute atomic E-state index is 0.170. The number of nitrogens with zero attached hydrogens (tertiary/aromatic N) is 1. The Morgan fingerprint density at radius 3 is 2.82 bits per heavy atom. The van der Waals surface area contributed by atoms with Gasteiger partial charge in [-0.2, -0.15) is 4.39 Å². The first-order valence-corrected chi connectivity index (χ1v) is 3.80. The maximum absolute atomic E-state index is 12.6. The summed E-state index contributed by atoms with van der Waals surface area (Å²) in [6.07, 6.45) is 1.32. The molecule has 0 radical (unpaired) electrons. The number of nitrogens with two attached hydrogens (primary N) is 1. The molecule has 11 heavy (non-hydrogen) atoms. The molecule has 2 N–H and O–H groups in total. The number of rotatable bonds is 1. The van der Waals surface area contributed by atoms with E-state index in [0.29, 0.717) is 3.57 Å². The molecule has 0 atom stereocenters. The lowest BCUT2D eigenvalue weighted by atomic mass is 10.3. The monoisotopic (exact) mass is 266 g/mol. The first kappa shape index (κ1) is 8.38. The molecule has 1 amide bonds. The van der Waals surface area contributed by atoms with E-state index < -0.39 is 11.9 Å². The van der Waals surface area contributed by atoms with E-state index in [2.05, 4.69) is 4.98 Å². The lowest BCUT2D eigenvalue weighted by Crippen LogP contribution is -2.14. The van der Waals surface area contributed by atoms with Gasteiger partial charge in [-0.1, -0.05) is 0 Å². The van der Waals surface area contributed by atoms with Crippen molar-refractivity contribution in [2.45, 2.75) is 0 Å². The third-order valence-electron chi connectivity index (χ3n) is 1.07. The fourth-order valence-corrected chi connectivity index (χ4v) is 1.05. The van der Waals surface area contributed by atoms with Crippen LogP contribution in [0.4, 0.5) is 4.39 Å². The van der Waals surface area contributed by atoms with E-state index in [-0.39, 0.29) is 5.56 Å². The summed E-state index contributed by atoms with van der Waals surface area (Å²) in [4.78, 5) is 13.8. The van der Waals surface area contributed by atoms with Crippen molar-refractivity contribution in [1.29, 1.82) is 0 Å². The number of amides is 1. The average molecular weight is 266 g/mol. The van der Waals surface area contributed by atoms with Gasteiger partial charge in [-0.15, -0.1) is 0 Å². The van der Waals surface area contributed by atoms with Crippen LogP contribution in [0.3, 0.4) is 0 Å². The van der Waals surface area contributed by atoms with Crippen LogP contribution in [0.15, 0.2) is 12.3 Å². The quantitative estimate of drug-likeness (QED) is 0.607. The molecule has 58 valence electrons. The Morgan fingerprint density at radius 1 is 1.73 bits per heavy atom. The van der Waals surface area contributed by atoms with E-state index in [0.717, 1.165) is 0 Å². The molecule has 0 bridgehead atoms. The predicted octanol–water partition coefficient (Wildman–Crippen LogP) is 0.924. The third kappa shape index (κ3) is 1.86. The topological polar surface area (TPSA) is 56.0 Å². The number of pyridine rings is 1. The summed E-state index contributed by atoms with van der Waals surface area (Å²) in [5.74, 6) is -1.62. The van der Waals surface area contributed by atoms with E-state index in [1.165, 1.54) is 12.3 Å². The van der Waals surface area contributed by atoms with Crippen molar-refractivity contribution >= 4 is 28.5 Å². The lowest BCUT2D eigenvalue weighted by molar-refractivity contribution is 0.0995. The van der Waals surface area contributed by atoms with Gasteiger partial charge in [-0.05, 0) is 28.7 Å². The first-order chi connectivity index (χ1) is 5.11. The van der Waals surface area contributed by atoms with Gasteiger partial charge in [0.05, 0.1) is 5.56 Å². The largest absolute Gasteiger partial charge is 0.365 e. The van der Waals surface area contributed by atoms with Crippen molar-refractivity contribution in [2.24, 2.45) is 5.73 Å². The zero-order valence-corrected chi connectivity index (χ0v) is 7.50. The van der Waals surface area contributed by atoms with Gasteiger partial charge in [0, 0.05) is 9.77 Å². The van der Waals surface area contributed by atoms with E-state index in [1.54, 1.807) is 0 Å². The van der Waals surface area contributed by atoms with Crippen LogP contribution < -0.4 is 5.73 Å². The van der Waals surface area contributed by atoms with Crippen LogP contribution in [0.1, 0.15) is 10.4 Å². The van der Waals surface area contributed by atoms with Gasteiger partial charge in [-0.3, -0.25) is 4.79 Å². The third-order valence-corrected chi connectivity index (χ3v) is 1.66. The van der Waals surface area contributed by atoms with E-state index in [9.17, 15) is 9.18 Å². The molecule has 0 aliphatic carbocycles. The summed E-state index contributed by atoms with van der Waals surface area (Å²) in [7, 11) is 0. The Labute approximate surface area is 75.9 Å². The van der Waals surface area contributed by atoms with Gasteiger partial charge in [0.25, 0.3) is 5.91 Å². The molecule has 0 unspecified atom stereocenters. The molecule has 1 aromatic rings. The van der Waals surface area contributed by atoms with Crippen LogP contribution in [0.25, 0.3) is 0 Å². The van der Waals surface area contributed by atoms with Crippen molar-refractivity contribution in [2.75, 3.05) is 0 Å². The molecular weight excluding hydrogens is 262 g/mol. The molecule has 5 heteroatoms. The average Bonchev–Trinajstić information content (AvgIpc) is 1.94. The minimum Gasteiger partial charge on any atom is -0.365 e. The Bertz CT molecular complexity index is 303. The number of carbonyl (C=O) groups is 1. The SMILES string of the molecule is NC(=O)c1cc(I)cnc1F. The predicted molar refractivity (Wildman–Crippen MR) is 45.4 cm³/mol. The molecule has 1 rings (SSSR count). The molecule has 0 saturated carbocycles. The Morgan fingerprint density at radius 2 is 2.36 bits per heavy atom. The maximum Gasteiger partial charge on any atom is 0.253 e. The van der Waals surface area contributed by atoms with E-state index in [4.69, 9.17) is 5.73 Å². The first-order valence-electron chi connectivity index (χ1n) is 2.72. The minimum atomic E-state index is -0.821. The number of primary amides is 1. The summed E-state index contributed by atoms with van der Waals surface area (Å²) < 4.78 is 13.3. The molecule has 3 nitrogen and oxygen atoms in total. The second kappa shape index (κ2) is 3.12. The molecular formula is C6H4FIN2O. The summed E-state index contributed by atoms with van der Waals surface area (Å²) in [6.45, 7) is 0. The smallest absolute Gasteiger partial charge is 0.253 e. The van der Waals surface area contributed by atoms with Crippen LogP contribution >= 0.6 is 22.6 Å². The van der Waals surface area contributed by atoms with Gasteiger partial charge >= 0.3 is 0 Å². The standard InChI is InChI=1S/C6H4FIN2O/c7-5-4(6(9)11)1-3(8)2-10-5/h1-2H,(H2,9,11). The highest BCUT2D eigenvalue weighted by Crippen LogP contribution is 2.08. The highest BCUT2D eigenvalue weighted by molar-refractivity contribution is 14.1. The normalized spacial score (nSPS) is 9.64. The molecule has 0 aromatic carbocycles. The summed E-state index contributed by atoms with van der Waals surface area (Å²) in [5, 5.41) is 0. The zero-order chi connectivity index (χ0) is 8.43. The molecule has 0 fully saturated rings. The Kier molecular flexibility index (Phi) is 2.38. The van der Waals surface area contributed by atoms with Crippen molar-refractivity contribution in [3.05, 3.63) is 27.3 Å². The van der Waals surface area contributed by atoms with Crippen molar-refractivity contribution < 1.29 is 9.18 Å². The second-order valence-corrected chi connectivity index (χ2v) is 3.10. The highest BCUT2D eigenvalue weighted by atomic mass is 127. The van der Waals surface area contributed by atoms with Crippen LogP contribution in [-0.4, -0.2) is 10.9 Å². The molecule has 0 saturated heterocycles. The number of hydrogen-bond acceptors (Lipinski definition) is 2. The fourth-order valence-electron chi connectivity index (χ4n) is 0.595. The summed E-state index contributed by atoms with van der Waals surface area (Å²) in [5.41, 5.74) is 4.69. The molecule has 0 aliphatic heterocycles. The Hall–Kier alpha value is -0.720. The van der Waals surface area contributed by atoms with Crippen molar-refractivity contribution in [1.82, 2.24) is 4.98 Å². The van der Waals surface area contributed by atoms with Gasteiger partial charge in [-0.25, -0.2) is 4.98 Å². The lowest BCUT2D eigenvalue weighted by Gasteiger charge is -1.96.